The Balaban J connectivity index is 1.76. The first-order valence-corrected chi connectivity index (χ1v) is 7.71. The fourth-order valence-electron chi connectivity index (χ4n) is 2.39. The van der Waals surface area contributed by atoms with E-state index >= 15 is 0 Å². The highest BCUT2D eigenvalue weighted by molar-refractivity contribution is 5.76. The van der Waals surface area contributed by atoms with E-state index in [2.05, 4.69) is 5.32 Å². The molecule has 1 amide bonds. The fourth-order valence-corrected chi connectivity index (χ4v) is 2.39. The van der Waals surface area contributed by atoms with E-state index in [1.807, 2.05) is 6.92 Å². The molecule has 0 fully saturated rings. The average Bonchev–Trinajstić information content (AvgIpc) is 2.55. The van der Waals surface area contributed by atoms with Gasteiger partial charge in [0.25, 0.3) is 5.69 Å². The van der Waals surface area contributed by atoms with Crippen LogP contribution >= 0.6 is 0 Å². The van der Waals surface area contributed by atoms with E-state index in [1.54, 1.807) is 24.3 Å². The minimum Gasteiger partial charge on any atom is -0.356 e. The number of carbonyl (C=O) groups excluding carboxylic acids is 1. The lowest BCUT2D eigenvalue weighted by atomic mass is 9.97. The second-order valence-electron chi connectivity index (χ2n) is 5.68. The number of carbonyl (C=O) groups is 1. The van der Waals surface area contributed by atoms with Gasteiger partial charge in [0.05, 0.1) is 4.92 Å². The summed E-state index contributed by atoms with van der Waals surface area (Å²) in [5, 5.41) is 13.4. The minimum atomic E-state index is -0.442. The Labute approximate surface area is 139 Å². The summed E-state index contributed by atoms with van der Waals surface area (Å²) in [4.78, 5) is 22.1. The number of benzene rings is 2. The van der Waals surface area contributed by atoms with Crippen molar-refractivity contribution < 1.29 is 14.1 Å². The highest BCUT2D eigenvalue weighted by Gasteiger charge is 2.11. The number of nitro groups is 1. The zero-order valence-electron chi connectivity index (χ0n) is 13.4. The number of non-ortho nitro benzene ring substituents is 1. The Morgan fingerprint density at radius 1 is 1.17 bits per heavy atom. The van der Waals surface area contributed by atoms with Gasteiger partial charge in [-0.2, -0.15) is 0 Å². The zero-order valence-corrected chi connectivity index (χ0v) is 13.4. The maximum atomic E-state index is 12.9. The predicted octanol–water partition coefficient (Wildman–Crippen LogP) is 3.59. The van der Waals surface area contributed by atoms with Crippen molar-refractivity contribution in [2.24, 2.45) is 0 Å². The molecule has 0 heterocycles. The van der Waals surface area contributed by atoms with E-state index in [0.717, 1.165) is 11.1 Å². The van der Waals surface area contributed by atoms with Gasteiger partial charge in [0.2, 0.25) is 5.91 Å². The second-order valence-corrected chi connectivity index (χ2v) is 5.68. The molecule has 0 aromatic heterocycles. The molecule has 0 saturated carbocycles. The SMILES string of the molecule is CC(CC(=O)NCCc1ccc([N+](=O)[O-])cc1)c1ccc(F)cc1. The molecule has 0 aliphatic rings. The monoisotopic (exact) mass is 330 g/mol. The summed E-state index contributed by atoms with van der Waals surface area (Å²) < 4.78 is 12.9. The molecule has 126 valence electrons. The maximum absolute atomic E-state index is 12.9. The molecule has 2 aromatic carbocycles. The lowest BCUT2D eigenvalue weighted by Gasteiger charge is -2.12. The van der Waals surface area contributed by atoms with Crippen molar-refractivity contribution >= 4 is 11.6 Å². The van der Waals surface area contributed by atoms with Crippen molar-refractivity contribution in [1.82, 2.24) is 5.32 Å². The van der Waals surface area contributed by atoms with Gasteiger partial charge in [-0.15, -0.1) is 0 Å². The van der Waals surface area contributed by atoms with Crippen LogP contribution in [0.4, 0.5) is 10.1 Å². The van der Waals surface area contributed by atoms with Crippen molar-refractivity contribution in [2.75, 3.05) is 6.54 Å². The van der Waals surface area contributed by atoms with Crippen LogP contribution in [0.3, 0.4) is 0 Å². The Kier molecular flexibility index (Phi) is 6.01. The Morgan fingerprint density at radius 3 is 2.38 bits per heavy atom. The van der Waals surface area contributed by atoms with Gasteiger partial charge < -0.3 is 5.32 Å². The Hall–Kier alpha value is -2.76. The molecule has 1 atom stereocenters. The first kappa shape index (κ1) is 17.6. The van der Waals surface area contributed by atoms with Crippen LogP contribution in [0.15, 0.2) is 48.5 Å². The molecule has 0 spiro atoms. The standard InChI is InChI=1S/C18H19FN2O3/c1-13(15-4-6-16(19)7-5-15)12-18(22)20-11-10-14-2-8-17(9-3-14)21(23)24/h2-9,13H,10-12H2,1H3,(H,20,22). The molecular formula is C18H19FN2O3. The largest absolute Gasteiger partial charge is 0.356 e. The minimum absolute atomic E-state index is 0.00461. The highest BCUT2D eigenvalue weighted by Crippen LogP contribution is 2.19. The molecule has 0 radical (unpaired) electrons. The summed E-state index contributed by atoms with van der Waals surface area (Å²) in [5.41, 5.74) is 1.89. The van der Waals surface area contributed by atoms with Crippen LogP contribution in [0.25, 0.3) is 0 Å². The molecule has 5 nitrogen and oxygen atoms in total. The van der Waals surface area contributed by atoms with Gasteiger partial charge in [-0.1, -0.05) is 31.2 Å². The molecular weight excluding hydrogens is 311 g/mol. The normalized spacial score (nSPS) is 11.8. The third-order valence-electron chi connectivity index (χ3n) is 3.81. The van der Waals surface area contributed by atoms with Crippen molar-refractivity contribution in [3.63, 3.8) is 0 Å². The van der Waals surface area contributed by atoms with E-state index < -0.39 is 4.92 Å². The zero-order chi connectivity index (χ0) is 17.5. The third-order valence-corrected chi connectivity index (χ3v) is 3.81. The van der Waals surface area contributed by atoms with Gasteiger partial charge in [0.15, 0.2) is 0 Å². The smallest absolute Gasteiger partial charge is 0.269 e. The topological polar surface area (TPSA) is 72.2 Å². The van der Waals surface area contributed by atoms with Crippen LogP contribution in [-0.2, 0) is 11.2 Å². The van der Waals surface area contributed by atoms with Gasteiger partial charge in [-0.25, -0.2) is 4.39 Å². The lowest BCUT2D eigenvalue weighted by molar-refractivity contribution is -0.384. The van der Waals surface area contributed by atoms with Crippen LogP contribution in [-0.4, -0.2) is 17.4 Å². The highest BCUT2D eigenvalue weighted by atomic mass is 19.1. The van der Waals surface area contributed by atoms with Gasteiger partial charge >= 0.3 is 0 Å². The van der Waals surface area contributed by atoms with Crippen LogP contribution in [0.2, 0.25) is 0 Å². The van der Waals surface area contributed by atoms with Gasteiger partial charge in [0.1, 0.15) is 5.82 Å². The molecule has 1 N–H and O–H groups in total. The molecule has 2 aromatic rings. The number of halogens is 1. The third kappa shape index (κ3) is 5.15. The molecule has 0 aliphatic carbocycles. The van der Waals surface area contributed by atoms with E-state index in [0.29, 0.717) is 19.4 Å². The summed E-state index contributed by atoms with van der Waals surface area (Å²) in [6.07, 6.45) is 0.931. The van der Waals surface area contributed by atoms with Crippen molar-refractivity contribution in [3.8, 4) is 0 Å². The van der Waals surface area contributed by atoms with Crippen molar-refractivity contribution in [3.05, 3.63) is 75.6 Å². The summed E-state index contributed by atoms with van der Waals surface area (Å²) in [6.45, 7) is 2.38. The van der Waals surface area contributed by atoms with E-state index in [4.69, 9.17) is 0 Å². The lowest BCUT2D eigenvalue weighted by Crippen LogP contribution is -2.26. The summed E-state index contributed by atoms with van der Waals surface area (Å²) in [5.74, 6) is -0.364. The first-order valence-electron chi connectivity index (χ1n) is 7.71. The van der Waals surface area contributed by atoms with Crippen LogP contribution in [0, 0.1) is 15.9 Å². The number of nitrogens with zero attached hydrogens (tertiary/aromatic N) is 1. The molecule has 2 rings (SSSR count). The van der Waals surface area contributed by atoms with Crippen LogP contribution in [0.1, 0.15) is 30.4 Å². The molecule has 6 heteroatoms. The molecule has 0 bridgehead atoms. The van der Waals surface area contributed by atoms with E-state index in [9.17, 15) is 19.3 Å². The number of amides is 1. The number of nitrogens with one attached hydrogen (secondary N) is 1. The van der Waals surface area contributed by atoms with Gasteiger partial charge in [-0.3, -0.25) is 14.9 Å². The summed E-state index contributed by atoms with van der Waals surface area (Å²) in [7, 11) is 0. The van der Waals surface area contributed by atoms with E-state index in [1.165, 1.54) is 24.3 Å². The van der Waals surface area contributed by atoms with Crippen LogP contribution in [0.5, 0.6) is 0 Å². The molecule has 0 saturated heterocycles. The molecule has 0 aliphatic heterocycles. The van der Waals surface area contributed by atoms with Gasteiger partial charge in [0, 0.05) is 25.1 Å². The Bertz CT molecular complexity index is 699. The number of rotatable bonds is 7. The second kappa shape index (κ2) is 8.19. The summed E-state index contributed by atoms with van der Waals surface area (Å²) >= 11 is 0. The fraction of sp³-hybridized carbons (Fsp3) is 0.278. The maximum Gasteiger partial charge on any atom is 0.269 e. The van der Waals surface area contributed by atoms with E-state index in [-0.39, 0.29) is 23.3 Å². The molecule has 24 heavy (non-hydrogen) atoms. The number of hydrogen-bond acceptors (Lipinski definition) is 3. The Morgan fingerprint density at radius 2 is 1.79 bits per heavy atom. The van der Waals surface area contributed by atoms with Gasteiger partial charge in [-0.05, 0) is 35.6 Å². The first-order chi connectivity index (χ1) is 11.5. The number of hydrogen-bond donors (Lipinski definition) is 1. The van der Waals surface area contributed by atoms with Crippen molar-refractivity contribution in [2.45, 2.75) is 25.7 Å². The number of nitro benzene ring substituents is 1. The van der Waals surface area contributed by atoms with Crippen molar-refractivity contribution in [1.29, 1.82) is 0 Å². The summed E-state index contributed by atoms with van der Waals surface area (Å²) in [6, 6.07) is 12.4. The van der Waals surface area contributed by atoms with Crippen LogP contribution < -0.4 is 5.32 Å². The molecule has 1 unspecified atom stereocenters. The average molecular weight is 330 g/mol. The predicted molar refractivity (Wildman–Crippen MR) is 89.2 cm³/mol. The quantitative estimate of drug-likeness (QED) is 0.623.